The van der Waals surface area contributed by atoms with Crippen LogP contribution in [0.4, 0.5) is 5.82 Å². The van der Waals surface area contributed by atoms with Crippen LogP contribution in [-0.2, 0) is 20.0 Å². The van der Waals surface area contributed by atoms with Gasteiger partial charge in [0, 0.05) is 18.0 Å². The van der Waals surface area contributed by atoms with Crippen molar-refractivity contribution < 1.29 is 18.3 Å². The normalized spacial score (nSPS) is 32.6. The summed E-state index contributed by atoms with van der Waals surface area (Å²) < 4.78 is 23.9. The van der Waals surface area contributed by atoms with Gasteiger partial charge in [0.2, 0.25) is 21.4 Å². The molecule has 1 heterocycles. The number of sulfone groups is 1. The number of hydrogen-bond donors (Lipinski definition) is 1. The van der Waals surface area contributed by atoms with Crippen molar-refractivity contribution in [2.75, 3.05) is 11.2 Å². The first-order chi connectivity index (χ1) is 11.6. The van der Waals surface area contributed by atoms with Gasteiger partial charge in [-0.25, -0.2) is 18.4 Å². The first-order valence-electron chi connectivity index (χ1n) is 8.66. The fourth-order valence-corrected chi connectivity index (χ4v) is 4.96. The summed E-state index contributed by atoms with van der Waals surface area (Å²) in [5.41, 5.74) is -0.475. The molecule has 7 nitrogen and oxygen atoms in total. The second-order valence-electron chi connectivity index (χ2n) is 8.32. The molecule has 0 spiro atoms. The summed E-state index contributed by atoms with van der Waals surface area (Å²) in [6, 6.07) is 0. The molecular weight excluding hydrogens is 342 g/mol. The van der Waals surface area contributed by atoms with Crippen molar-refractivity contribution in [2.45, 2.75) is 73.6 Å². The smallest absolute Gasteiger partial charge is 0.248 e. The fraction of sp³-hybridized carbons (Fsp3) is 0.706. The Balaban J connectivity index is 1.86. The number of aromatic nitrogens is 2. The van der Waals surface area contributed by atoms with E-state index < -0.39 is 21.0 Å². The molecule has 0 aromatic carbocycles. The van der Waals surface area contributed by atoms with Crippen LogP contribution >= 0.6 is 0 Å². The van der Waals surface area contributed by atoms with E-state index in [1.807, 2.05) is 0 Å². The van der Waals surface area contributed by atoms with E-state index in [2.05, 4.69) is 16.9 Å². The van der Waals surface area contributed by atoms with E-state index in [-0.39, 0.29) is 10.6 Å². The van der Waals surface area contributed by atoms with Crippen LogP contribution in [0, 0.1) is 0 Å². The van der Waals surface area contributed by atoms with Gasteiger partial charge in [0.25, 0.3) is 0 Å². The molecule has 8 heteroatoms. The number of fused-ring (bicyclic) bond motifs is 2. The standard InChI is InChI=1S/C17H23N3O4S/c1-15(3-4-15)12-9-18-14(25(2,23)24)19-13(12)20(11-21)16-5-7-17(22,10-16)8-6-16/h9,11,22H,3-8,10H2,1-2H3. The topological polar surface area (TPSA) is 100 Å². The maximum atomic E-state index is 12.1. The summed E-state index contributed by atoms with van der Waals surface area (Å²) in [5, 5.41) is 10.3. The van der Waals surface area contributed by atoms with Gasteiger partial charge < -0.3 is 5.11 Å². The highest BCUT2D eigenvalue weighted by Crippen LogP contribution is 2.56. The third-order valence-electron chi connectivity index (χ3n) is 6.34. The number of carbonyl (C=O) groups is 1. The fourth-order valence-electron chi connectivity index (χ4n) is 4.46. The number of aliphatic hydroxyl groups is 1. The molecule has 0 saturated heterocycles. The van der Waals surface area contributed by atoms with Crippen LogP contribution in [0.15, 0.2) is 11.4 Å². The molecule has 136 valence electrons. The maximum Gasteiger partial charge on any atom is 0.248 e. The molecule has 25 heavy (non-hydrogen) atoms. The van der Waals surface area contributed by atoms with Crippen molar-refractivity contribution in [3.8, 4) is 0 Å². The predicted octanol–water partition coefficient (Wildman–Crippen LogP) is 1.34. The van der Waals surface area contributed by atoms with Crippen molar-refractivity contribution in [3.63, 3.8) is 0 Å². The minimum atomic E-state index is -3.57. The van der Waals surface area contributed by atoms with Crippen LogP contribution in [0.2, 0.25) is 0 Å². The summed E-state index contributed by atoms with van der Waals surface area (Å²) in [7, 11) is -3.57. The Labute approximate surface area is 147 Å². The molecule has 3 aliphatic carbocycles. The SMILES string of the molecule is CC1(c2cnc(S(C)(=O)=O)nc2N(C=O)C23CCC(O)(CC2)C3)CC1. The molecule has 0 radical (unpaired) electrons. The predicted molar refractivity (Wildman–Crippen MR) is 91.0 cm³/mol. The van der Waals surface area contributed by atoms with Crippen LogP contribution in [-0.4, -0.2) is 47.3 Å². The first-order valence-corrected chi connectivity index (χ1v) is 10.5. The summed E-state index contributed by atoms with van der Waals surface area (Å²) in [6.45, 7) is 2.08. The minimum Gasteiger partial charge on any atom is -0.390 e. The highest BCUT2D eigenvalue weighted by molar-refractivity contribution is 7.90. The highest BCUT2D eigenvalue weighted by Gasteiger charge is 2.57. The number of anilines is 1. The lowest BCUT2D eigenvalue weighted by molar-refractivity contribution is -0.108. The molecule has 0 atom stereocenters. The lowest BCUT2D eigenvalue weighted by atomic mass is 9.90. The molecule has 3 fully saturated rings. The summed E-state index contributed by atoms with van der Waals surface area (Å²) in [6.07, 6.45) is 8.56. The molecule has 1 amide bonds. The molecule has 1 aromatic rings. The molecular formula is C17H23N3O4S. The Morgan fingerprint density at radius 2 is 1.84 bits per heavy atom. The first kappa shape index (κ1) is 16.9. The maximum absolute atomic E-state index is 12.1. The third-order valence-corrected chi connectivity index (χ3v) is 7.20. The Morgan fingerprint density at radius 1 is 1.20 bits per heavy atom. The highest BCUT2D eigenvalue weighted by atomic mass is 32.2. The number of rotatable bonds is 5. The summed E-state index contributed by atoms with van der Waals surface area (Å²) in [4.78, 5) is 22.0. The Morgan fingerprint density at radius 3 is 2.28 bits per heavy atom. The van der Waals surface area contributed by atoms with Crippen molar-refractivity contribution in [2.24, 2.45) is 0 Å². The molecule has 0 aliphatic heterocycles. The van der Waals surface area contributed by atoms with Gasteiger partial charge in [-0.1, -0.05) is 6.92 Å². The van der Waals surface area contributed by atoms with Gasteiger partial charge in [-0.15, -0.1) is 0 Å². The van der Waals surface area contributed by atoms with Gasteiger partial charge in [-0.3, -0.25) is 9.69 Å². The molecule has 0 unspecified atom stereocenters. The quantitative estimate of drug-likeness (QED) is 0.624. The average Bonchev–Trinajstić information content (AvgIpc) is 3.07. The zero-order valence-corrected chi connectivity index (χ0v) is 15.3. The molecule has 3 aliphatic rings. The lowest BCUT2D eigenvalue weighted by Crippen LogP contribution is -2.46. The van der Waals surface area contributed by atoms with Crippen LogP contribution in [0.3, 0.4) is 0 Å². The Hall–Kier alpha value is -1.54. The van der Waals surface area contributed by atoms with Gasteiger partial charge in [0.1, 0.15) is 5.82 Å². The number of nitrogens with zero attached hydrogens (tertiary/aromatic N) is 3. The molecule has 1 N–H and O–H groups in total. The van der Waals surface area contributed by atoms with E-state index in [4.69, 9.17) is 0 Å². The van der Waals surface area contributed by atoms with Crippen LogP contribution in [0.25, 0.3) is 0 Å². The van der Waals surface area contributed by atoms with Crippen LogP contribution in [0.1, 0.15) is 57.4 Å². The van der Waals surface area contributed by atoms with E-state index in [9.17, 15) is 18.3 Å². The largest absolute Gasteiger partial charge is 0.390 e. The van der Waals surface area contributed by atoms with Crippen molar-refractivity contribution >= 4 is 22.1 Å². The minimum absolute atomic E-state index is 0.114. The van der Waals surface area contributed by atoms with Crippen molar-refractivity contribution in [1.29, 1.82) is 0 Å². The average molecular weight is 365 g/mol. The Kier molecular flexibility index (Phi) is 3.38. The van der Waals surface area contributed by atoms with Crippen molar-refractivity contribution in [3.05, 3.63) is 11.8 Å². The summed E-state index contributed by atoms with van der Waals surface area (Å²) >= 11 is 0. The molecule has 1 aromatic heterocycles. The van der Waals surface area contributed by atoms with E-state index >= 15 is 0 Å². The second kappa shape index (κ2) is 5.01. The van der Waals surface area contributed by atoms with Gasteiger partial charge in [-0.2, -0.15) is 0 Å². The Bertz CT molecular complexity index is 839. The van der Waals surface area contributed by atoms with E-state index in [1.165, 1.54) is 0 Å². The number of carbonyl (C=O) groups excluding carboxylic acids is 1. The molecule has 4 rings (SSSR count). The molecule has 2 bridgehead atoms. The van der Waals surface area contributed by atoms with Crippen molar-refractivity contribution in [1.82, 2.24) is 9.97 Å². The second-order valence-corrected chi connectivity index (χ2v) is 10.2. The van der Waals surface area contributed by atoms with E-state index in [1.54, 1.807) is 11.1 Å². The third kappa shape index (κ3) is 2.57. The van der Waals surface area contributed by atoms with Gasteiger partial charge in [0.05, 0.1) is 11.1 Å². The lowest BCUT2D eigenvalue weighted by Gasteiger charge is -2.37. The van der Waals surface area contributed by atoms with Crippen LogP contribution in [0.5, 0.6) is 0 Å². The van der Waals surface area contributed by atoms with Gasteiger partial charge in [0.15, 0.2) is 0 Å². The van der Waals surface area contributed by atoms with Gasteiger partial charge in [-0.05, 0) is 50.4 Å². The number of hydrogen-bond acceptors (Lipinski definition) is 6. The van der Waals surface area contributed by atoms with E-state index in [0.717, 1.165) is 31.1 Å². The summed E-state index contributed by atoms with van der Waals surface area (Å²) in [5.74, 6) is 0.400. The zero-order valence-electron chi connectivity index (χ0n) is 14.5. The van der Waals surface area contributed by atoms with Crippen LogP contribution < -0.4 is 4.90 Å². The van der Waals surface area contributed by atoms with Gasteiger partial charge >= 0.3 is 0 Å². The zero-order chi connectivity index (χ0) is 18.1. The van der Waals surface area contributed by atoms with E-state index in [0.29, 0.717) is 37.9 Å². The number of amides is 1. The molecule has 3 saturated carbocycles. The monoisotopic (exact) mass is 365 g/mol.